The molecule has 0 saturated heterocycles. The van der Waals surface area contributed by atoms with Gasteiger partial charge in [-0.1, -0.05) is 12.1 Å². The summed E-state index contributed by atoms with van der Waals surface area (Å²) >= 11 is 0. The Morgan fingerprint density at radius 2 is 2.06 bits per heavy atom. The van der Waals surface area contributed by atoms with Crippen molar-refractivity contribution in [3.05, 3.63) is 29.6 Å². The molecule has 0 spiro atoms. The molecule has 2 rings (SSSR count). The molecule has 0 bridgehead atoms. The number of hydrogen-bond acceptors (Lipinski definition) is 2. The summed E-state index contributed by atoms with van der Waals surface area (Å²) in [6.07, 6.45) is 0.0104. The summed E-state index contributed by atoms with van der Waals surface area (Å²) in [5.74, 6) is -0.768. The van der Waals surface area contributed by atoms with Crippen molar-refractivity contribution in [2.75, 3.05) is 13.3 Å². The van der Waals surface area contributed by atoms with Gasteiger partial charge in [-0.25, -0.2) is 13.2 Å². The first-order chi connectivity index (χ1) is 7.62. The van der Waals surface area contributed by atoms with Gasteiger partial charge in [0.1, 0.15) is 13.3 Å². The van der Waals surface area contributed by atoms with E-state index < -0.39 is 30.8 Å². The minimum Gasteiger partial charge on any atom is -0.478 e. The lowest BCUT2D eigenvalue weighted by molar-refractivity contribution is -0.0110. The van der Waals surface area contributed by atoms with E-state index in [0.29, 0.717) is 5.56 Å². The molecule has 2 N–H and O–H groups in total. The predicted molar refractivity (Wildman–Crippen MR) is 53.3 cm³/mol. The van der Waals surface area contributed by atoms with Gasteiger partial charge >= 0.3 is 0 Å². The first-order valence-corrected chi connectivity index (χ1v) is 4.97. The summed E-state index contributed by atoms with van der Waals surface area (Å²) < 4.78 is 44.1. The maximum absolute atomic E-state index is 13.4. The molecule has 0 radical (unpaired) electrons. The number of hydrogen-bond donors (Lipinski definition) is 1. The molecule has 16 heavy (non-hydrogen) atoms. The highest BCUT2D eigenvalue weighted by molar-refractivity contribution is 5.40. The number of ether oxygens (including phenoxy) is 1. The molecule has 88 valence electrons. The molecule has 1 aromatic carbocycles. The molecule has 1 aliphatic heterocycles. The van der Waals surface area contributed by atoms with Gasteiger partial charge in [-0.2, -0.15) is 0 Å². The Hall–Kier alpha value is -1.23. The Morgan fingerprint density at radius 1 is 1.38 bits per heavy atom. The third-order valence-corrected chi connectivity index (χ3v) is 2.79. The monoisotopic (exact) mass is 231 g/mol. The van der Waals surface area contributed by atoms with E-state index in [-0.39, 0.29) is 12.2 Å². The molecule has 0 fully saturated rings. The minimum atomic E-state index is -1.63. The summed E-state index contributed by atoms with van der Waals surface area (Å²) in [6, 6.07) is 3.67. The van der Waals surface area contributed by atoms with Crippen molar-refractivity contribution < 1.29 is 17.9 Å². The maximum atomic E-state index is 13.4. The SMILES string of the molecule is NC1CC(CF)(CF)Oc2c(F)cccc21. The van der Waals surface area contributed by atoms with Crippen LogP contribution in [0.4, 0.5) is 13.2 Å². The van der Waals surface area contributed by atoms with Crippen molar-refractivity contribution in [1.29, 1.82) is 0 Å². The van der Waals surface area contributed by atoms with E-state index in [1.165, 1.54) is 12.1 Å². The van der Waals surface area contributed by atoms with Crippen LogP contribution in [0.5, 0.6) is 5.75 Å². The molecule has 0 aromatic heterocycles. The van der Waals surface area contributed by atoms with Gasteiger partial charge in [0.05, 0.1) is 0 Å². The van der Waals surface area contributed by atoms with Crippen LogP contribution in [0.1, 0.15) is 18.0 Å². The Kier molecular flexibility index (Phi) is 2.80. The van der Waals surface area contributed by atoms with Crippen LogP contribution in [0.3, 0.4) is 0 Å². The second-order valence-electron chi connectivity index (χ2n) is 4.02. The topological polar surface area (TPSA) is 35.2 Å². The molecule has 2 nitrogen and oxygen atoms in total. The quantitative estimate of drug-likeness (QED) is 0.847. The van der Waals surface area contributed by atoms with E-state index in [2.05, 4.69) is 0 Å². The van der Waals surface area contributed by atoms with Gasteiger partial charge in [0.2, 0.25) is 0 Å². The van der Waals surface area contributed by atoms with Crippen molar-refractivity contribution in [2.45, 2.75) is 18.1 Å². The van der Waals surface area contributed by atoms with E-state index in [0.717, 1.165) is 0 Å². The molecule has 0 amide bonds. The minimum absolute atomic E-state index is 0.0104. The summed E-state index contributed by atoms with van der Waals surface area (Å²) in [6.45, 7) is -2.05. The molecule has 1 heterocycles. The summed E-state index contributed by atoms with van der Waals surface area (Å²) in [5.41, 5.74) is 4.59. The first kappa shape index (κ1) is 11.3. The Balaban J connectivity index is 2.45. The molecule has 1 unspecified atom stereocenters. The van der Waals surface area contributed by atoms with Crippen LogP contribution < -0.4 is 10.5 Å². The zero-order chi connectivity index (χ0) is 11.8. The first-order valence-electron chi connectivity index (χ1n) is 4.97. The van der Waals surface area contributed by atoms with Gasteiger partial charge in [0.15, 0.2) is 17.2 Å². The number of halogens is 3. The van der Waals surface area contributed by atoms with Gasteiger partial charge in [-0.05, 0) is 6.07 Å². The largest absolute Gasteiger partial charge is 0.478 e. The van der Waals surface area contributed by atoms with Crippen LogP contribution in [0.25, 0.3) is 0 Å². The predicted octanol–water partition coefficient (Wildman–Crippen LogP) is 2.29. The lowest BCUT2D eigenvalue weighted by Crippen LogP contribution is -2.47. The molecule has 5 heteroatoms. The van der Waals surface area contributed by atoms with Gasteiger partial charge < -0.3 is 10.5 Å². The van der Waals surface area contributed by atoms with E-state index in [1.54, 1.807) is 6.07 Å². The van der Waals surface area contributed by atoms with Gasteiger partial charge in [0.25, 0.3) is 0 Å². The van der Waals surface area contributed by atoms with Crippen molar-refractivity contribution >= 4 is 0 Å². The number of alkyl halides is 2. The van der Waals surface area contributed by atoms with Crippen LogP contribution in [0.15, 0.2) is 18.2 Å². The van der Waals surface area contributed by atoms with Crippen molar-refractivity contribution in [3.63, 3.8) is 0 Å². The summed E-state index contributed by atoms with van der Waals surface area (Å²) in [4.78, 5) is 0. The third-order valence-electron chi connectivity index (χ3n) is 2.79. The Morgan fingerprint density at radius 3 is 2.69 bits per heavy atom. The zero-order valence-corrected chi connectivity index (χ0v) is 8.55. The average molecular weight is 231 g/mol. The number of nitrogens with two attached hydrogens (primary N) is 1. The Bertz CT molecular complexity index is 393. The second-order valence-corrected chi connectivity index (χ2v) is 4.02. The van der Waals surface area contributed by atoms with Crippen LogP contribution >= 0.6 is 0 Å². The number of rotatable bonds is 2. The standard InChI is InChI=1S/C11H12F3NO/c12-5-11(6-13)4-9(15)7-2-1-3-8(14)10(7)16-11/h1-3,9H,4-6,15H2. The van der Waals surface area contributed by atoms with Gasteiger partial charge in [0, 0.05) is 18.0 Å². The van der Waals surface area contributed by atoms with Gasteiger partial charge in [-0.3, -0.25) is 0 Å². The van der Waals surface area contributed by atoms with Crippen molar-refractivity contribution in [3.8, 4) is 5.75 Å². The van der Waals surface area contributed by atoms with E-state index in [1.807, 2.05) is 0 Å². The normalized spacial score (nSPS) is 22.4. The van der Waals surface area contributed by atoms with E-state index >= 15 is 0 Å². The molecular weight excluding hydrogens is 219 g/mol. The van der Waals surface area contributed by atoms with E-state index in [4.69, 9.17) is 10.5 Å². The number of benzene rings is 1. The fourth-order valence-electron chi connectivity index (χ4n) is 1.89. The van der Waals surface area contributed by atoms with Crippen LogP contribution in [-0.4, -0.2) is 19.0 Å². The molecule has 1 aromatic rings. The molecule has 0 saturated carbocycles. The Labute approximate surface area is 91.2 Å². The van der Waals surface area contributed by atoms with Gasteiger partial charge in [-0.15, -0.1) is 0 Å². The fraction of sp³-hybridized carbons (Fsp3) is 0.455. The summed E-state index contributed by atoms with van der Waals surface area (Å²) in [5, 5.41) is 0. The van der Waals surface area contributed by atoms with Crippen LogP contribution in [0, 0.1) is 5.82 Å². The van der Waals surface area contributed by atoms with Crippen molar-refractivity contribution in [1.82, 2.24) is 0 Å². The molecule has 0 aliphatic carbocycles. The molecular formula is C11H12F3NO. The van der Waals surface area contributed by atoms with Crippen LogP contribution in [0.2, 0.25) is 0 Å². The smallest absolute Gasteiger partial charge is 0.167 e. The second kappa shape index (κ2) is 3.97. The highest BCUT2D eigenvalue weighted by Crippen LogP contribution is 2.40. The number of fused-ring (bicyclic) bond motifs is 1. The zero-order valence-electron chi connectivity index (χ0n) is 8.55. The maximum Gasteiger partial charge on any atom is 0.167 e. The summed E-state index contributed by atoms with van der Waals surface area (Å²) in [7, 11) is 0. The highest BCUT2D eigenvalue weighted by Gasteiger charge is 2.41. The van der Waals surface area contributed by atoms with Crippen molar-refractivity contribution in [2.24, 2.45) is 5.73 Å². The number of para-hydroxylation sites is 1. The van der Waals surface area contributed by atoms with Crippen LogP contribution in [-0.2, 0) is 0 Å². The third kappa shape index (κ3) is 1.65. The fourth-order valence-corrected chi connectivity index (χ4v) is 1.89. The lowest BCUT2D eigenvalue weighted by atomic mass is 9.89. The lowest BCUT2D eigenvalue weighted by Gasteiger charge is -2.37. The van der Waals surface area contributed by atoms with E-state index in [9.17, 15) is 13.2 Å². The molecule has 1 atom stereocenters. The average Bonchev–Trinajstić information content (AvgIpc) is 2.30. The molecule has 1 aliphatic rings. The highest BCUT2D eigenvalue weighted by atomic mass is 19.1.